The van der Waals surface area contributed by atoms with Crippen molar-refractivity contribution in [1.82, 2.24) is 0 Å². The van der Waals surface area contributed by atoms with E-state index in [4.69, 9.17) is 21.6 Å². The molecular formula is C16H20N4O. The van der Waals surface area contributed by atoms with Crippen LogP contribution in [0.2, 0.25) is 0 Å². The minimum Gasteiger partial charge on any atom is -0.491 e. The van der Waals surface area contributed by atoms with Crippen LogP contribution in [0, 0.1) is 5.41 Å². The minimum atomic E-state index is 0.278. The Labute approximate surface area is 124 Å². The molecule has 0 fully saturated rings. The molecule has 0 saturated carbocycles. The number of anilines is 1. The van der Waals surface area contributed by atoms with Crippen LogP contribution in [-0.2, 0) is 4.74 Å². The highest BCUT2D eigenvalue weighted by Gasteiger charge is 2.15. The second kappa shape index (κ2) is 6.74. The summed E-state index contributed by atoms with van der Waals surface area (Å²) >= 11 is 0. The monoisotopic (exact) mass is 284 g/mol. The number of aliphatic imine (C=N–C) groups is 1. The summed E-state index contributed by atoms with van der Waals surface area (Å²) < 4.78 is 5.61. The molecule has 1 aliphatic carbocycles. The molecule has 5 nitrogen and oxygen atoms in total. The maximum absolute atomic E-state index is 7.89. The van der Waals surface area contributed by atoms with Crippen LogP contribution in [0.15, 0.2) is 52.9 Å². The number of nitrogens with two attached hydrogens (primary N) is 2. The molecule has 0 radical (unpaired) electrons. The lowest BCUT2D eigenvalue weighted by atomic mass is 10.1. The van der Waals surface area contributed by atoms with Gasteiger partial charge in [0.15, 0.2) is 0 Å². The molecule has 2 rings (SSSR count). The number of hydrogen-bond acceptors (Lipinski definition) is 5. The van der Waals surface area contributed by atoms with Crippen LogP contribution in [0.5, 0.6) is 0 Å². The Hall–Kier alpha value is -2.56. The van der Waals surface area contributed by atoms with Crippen LogP contribution in [0.25, 0.3) is 0 Å². The van der Waals surface area contributed by atoms with E-state index in [1.54, 1.807) is 24.3 Å². The summed E-state index contributed by atoms with van der Waals surface area (Å²) in [7, 11) is 0. The summed E-state index contributed by atoms with van der Waals surface area (Å²) in [5.74, 6) is 0.506. The van der Waals surface area contributed by atoms with Crippen LogP contribution in [0.3, 0.4) is 0 Å². The number of rotatable bonds is 5. The molecule has 1 aromatic carbocycles. The maximum atomic E-state index is 7.89. The summed E-state index contributed by atoms with van der Waals surface area (Å²) in [6, 6.07) is 7.21. The van der Waals surface area contributed by atoms with Gasteiger partial charge in [0.1, 0.15) is 5.76 Å². The summed E-state index contributed by atoms with van der Waals surface area (Å²) in [5, 5.41) is 7.89. The smallest absolute Gasteiger partial charge is 0.146 e. The molecule has 0 heterocycles. The number of hydrogen-bond donors (Lipinski definition) is 3. The lowest BCUT2D eigenvalue weighted by molar-refractivity contribution is 0.226. The van der Waals surface area contributed by atoms with Gasteiger partial charge < -0.3 is 16.2 Å². The van der Waals surface area contributed by atoms with Crippen molar-refractivity contribution in [3.63, 3.8) is 0 Å². The largest absolute Gasteiger partial charge is 0.491 e. The number of nitrogens with one attached hydrogen (secondary N) is 1. The zero-order valence-electron chi connectivity index (χ0n) is 12.1. The van der Waals surface area contributed by atoms with Gasteiger partial charge in [0, 0.05) is 11.8 Å². The van der Waals surface area contributed by atoms with E-state index in [2.05, 4.69) is 11.9 Å². The molecule has 110 valence electrons. The molecule has 0 atom stereocenters. The van der Waals surface area contributed by atoms with Crippen molar-refractivity contribution in [1.29, 1.82) is 5.41 Å². The van der Waals surface area contributed by atoms with Crippen molar-refractivity contribution in [3.8, 4) is 0 Å². The molecule has 0 saturated heterocycles. The average Bonchev–Trinajstić information content (AvgIpc) is 2.46. The van der Waals surface area contributed by atoms with E-state index in [9.17, 15) is 0 Å². The molecule has 1 aliphatic rings. The molecule has 5 heteroatoms. The van der Waals surface area contributed by atoms with Crippen molar-refractivity contribution >= 4 is 22.8 Å². The van der Waals surface area contributed by atoms with Crippen LogP contribution >= 0.6 is 0 Å². The molecule has 5 N–H and O–H groups in total. The standard InChI is InChI=1S/C16H20N4O/c1-2-3-8-21-16-10-15(13(18)9-14(16)19)20-12-6-4-11(17)5-7-12/h4-7,9-10,19H,2-3,8,17-18H2,1H3/b19-14?,20-15+. The molecule has 0 aromatic heterocycles. The Kier molecular flexibility index (Phi) is 4.77. The molecule has 0 bridgehead atoms. The van der Waals surface area contributed by atoms with E-state index in [1.807, 2.05) is 12.1 Å². The van der Waals surface area contributed by atoms with Crippen LogP contribution < -0.4 is 11.5 Å². The van der Waals surface area contributed by atoms with E-state index in [1.165, 1.54) is 0 Å². The van der Waals surface area contributed by atoms with Gasteiger partial charge in [-0.25, -0.2) is 4.99 Å². The zero-order chi connectivity index (χ0) is 15.2. The highest BCUT2D eigenvalue weighted by atomic mass is 16.5. The molecule has 0 spiro atoms. The first-order valence-electron chi connectivity index (χ1n) is 6.95. The van der Waals surface area contributed by atoms with Gasteiger partial charge in [-0.15, -0.1) is 0 Å². The third-order valence-electron chi connectivity index (χ3n) is 3.03. The van der Waals surface area contributed by atoms with Crippen molar-refractivity contribution in [2.45, 2.75) is 19.8 Å². The van der Waals surface area contributed by atoms with Crippen molar-refractivity contribution in [2.24, 2.45) is 10.7 Å². The summed E-state index contributed by atoms with van der Waals surface area (Å²) in [4.78, 5) is 4.47. The van der Waals surface area contributed by atoms with E-state index in [0.29, 0.717) is 29.5 Å². The Morgan fingerprint density at radius 1 is 1.14 bits per heavy atom. The van der Waals surface area contributed by atoms with Gasteiger partial charge >= 0.3 is 0 Å². The number of ether oxygens (including phenoxy) is 1. The van der Waals surface area contributed by atoms with Crippen molar-refractivity contribution < 1.29 is 4.74 Å². The van der Waals surface area contributed by atoms with E-state index < -0.39 is 0 Å². The molecule has 21 heavy (non-hydrogen) atoms. The Bertz CT molecular complexity index is 612. The average molecular weight is 284 g/mol. The zero-order valence-corrected chi connectivity index (χ0v) is 12.1. The van der Waals surface area contributed by atoms with Gasteiger partial charge in [0.05, 0.1) is 29.4 Å². The topological polar surface area (TPSA) is 97.5 Å². The third kappa shape index (κ3) is 3.95. The minimum absolute atomic E-state index is 0.278. The SMILES string of the molecule is CCCCOC1=C/C(=N\c2ccc(N)cc2)C(N)=CC1=N. The van der Waals surface area contributed by atoms with E-state index in [-0.39, 0.29) is 5.71 Å². The quantitative estimate of drug-likeness (QED) is 0.440. The molecule has 0 unspecified atom stereocenters. The Morgan fingerprint density at radius 3 is 2.52 bits per heavy atom. The highest BCUT2D eigenvalue weighted by molar-refractivity contribution is 6.22. The van der Waals surface area contributed by atoms with Crippen LogP contribution in [0.4, 0.5) is 11.4 Å². The predicted octanol–water partition coefficient (Wildman–Crippen LogP) is 2.92. The lowest BCUT2D eigenvalue weighted by Gasteiger charge is -2.15. The Morgan fingerprint density at radius 2 is 1.86 bits per heavy atom. The van der Waals surface area contributed by atoms with Gasteiger partial charge in [0.25, 0.3) is 0 Å². The fraction of sp³-hybridized carbons (Fsp3) is 0.250. The van der Waals surface area contributed by atoms with E-state index in [0.717, 1.165) is 18.5 Å². The van der Waals surface area contributed by atoms with Gasteiger partial charge in [0.2, 0.25) is 0 Å². The van der Waals surface area contributed by atoms with E-state index >= 15 is 0 Å². The van der Waals surface area contributed by atoms with Gasteiger partial charge in [-0.1, -0.05) is 13.3 Å². The first-order chi connectivity index (χ1) is 10.1. The first kappa shape index (κ1) is 14.8. The summed E-state index contributed by atoms with van der Waals surface area (Å²) in [6.07, 6.45) is 5.28. The normalized spacial score (nSPS) is 16.6. The van der Waals surface area contributed by atoms with Gasteiger partial charge in [-0.3, -0.25) is 5.41 Å². The fourth-order valence-electron chi connectivity index (χ4n) is 1.82. The number of unbranched alkanes of at least 4 members (excludes halogenated alkanes) is 1. The summed E-state index contributed by atoms with van der Waals surface area (Å²) in [5.41, 5.74) is 14.4. The third-order valence-corrected chi connectivity index (χ3v) is 3.03. The maximum Gasteiger partial charge on any atom is 0.146 e. The highest BCUT2D eigenvalue weighted by Crippen LogP contribution is 2.18. The van der Waals surface area contributed by atoms with Crippen LogP contribution in [-0.4, -0.2) is 18.0 Å². The summed E-state index contributed by atoms with van der Waals surface area (Å²) in [6.45, 7) is 2.68. The van der Waals surface area contributed by atoms with Gasteiger partial charge in [-0.2, -0.15) is 0 Å². The van der Waals surface area contributed by atoms with Crippen molar-refractivity contribution in [2.75, 3.05) is 12.3 Å². The van der Waals surface area contributed by atoms with Gasteiger partial charge in [-0.05, 0) is 36.8 Å². The predicted molar refractivity (Wildman–Crippen MR) is 86.9 cm³/mol. The Balaban J connectivity index is 2.22. The molecule has 1 aromatic rings. The second-order valence-corrected chi connectivity index (χ2v) is 4.81. The fourth-order valence-corrected chi connectivity index (χ4v) is 1.82. The number of nitrogens with zero attached hydrogens (tertiary/aromatic N) is 1. The first-order valence-corrected chi connectivity index (χ1v) is 6.95. The number of benzene rings is 1. The molecular weight excluding hydrogens is 264 g/mol. The molecule has 0 amide bonds. The number of allylic oxidation sites excluding steroid dienone is 2. The molecule has 0 aliphatic heterocycles. The lowest BCUT2D eigenvalue weighted by Crippen LogP contribution is -2.19. The number of nitrogen functional groups attached to an aromatic ring is 1. The van der Waals surface area contributed by atoms with Crippen molar-refractivity contribution in [3.05, 3.63) is 47.9 Å². The van der Waals surface area contributed by atoms with Crippen LogP contribution in [0.1, 0.15) is 19.8 Å². The second-order valence-electron chi connectivity index (χ2n) is 4.81.